The molecule has 0 saturated heterocycles. The zero-order valence-electron chi connectivity index (χ0n) is 22.0. The van der Waals surface area contributed by atoms with Gasteiger partial charge in [0.2, 0.25) is 0 Å². The van der Waals surface area contributed by atoms with Crippen LogP contribution >= 0.6 is 34.0 Å². The van der Waals surface area contributed by atoms with E-state index in [2.05, 4.69) is 182 Å². The summed E-state index contributed by atoms with van der Waals surface area (Å²) in [6.45, 7) is 0. The Morgan fingerprint density at radius 3 is 0.450 bits per heavy atom. The van der Waals surface area contributed by atoms with Crippen molar-refractivity contribution in [2.24, 2.45) is 0 Å². The van der Waals surface area contributed by atoms with Crippen molar-refractivity contribution >= 4 is 97.1 Å². The maximum atomic E-state index is 2.29. The van der Waals surface area contributed by atoms with Gasteiger partial charge >= 0.3 is 245 Å². The third-order valence-electron chi connectivity index (χ3n) is 6.09. The van der Waals surface area contributed by atoms with Crippen LogP contribution in [-0.2, 0) is 0 Å². The third-order valence-corrected chi connectivity index (χ3v) is 25.1. The zero-order valence-corrected chi connectivity index (χ0v) is 32.4. The minimum absolute atomic E-state index is 0. The topological polar surface area (TPSA) is 0 Å². The van der Waals surface area contributed by atoms with Gasteiger partial charge < -0.3 is 0 Å². The van der Waals surface area contributed by atoms with Crippen molar-refractivity contribution in [2.45, 2.75) is 0 Å². The Morgan fingerprint density at radius 1 is 0.200 bits per heavy atom. The summed E-state index contributed by atoms with van der Waals surface area (Å²) in [6, 6.07) is 65.9. The summed E-state index contributed by atoms with van der Waals surface area (Å²) in [5, 5.41) is 0. The Morgan fingerprint density at radius 2 is 0.325 bits per heavy atom. The first-order valence-corrected chi connectivity index (χ1v) is 23.2. The van der Waals surface area contributed by atoms with Crippen LogP contribution in [0, 0.1) is 0 Å². The van der Waals surface area contributed by atoms with E-state index in [1.807, 2.05) is 0 Å². The Hall–Kier alpha value is -1.95. The van der Waals surface area contributed by atoms with Crippen LogP contribution < -0.4 is 19.6 Å². The normalized spacial score (nSPS) is 10.1. The summed E-state index contributed by atoms with van der Waals surface area (Å²) in [6.07, 6.45) is 0. The molecule has 0 saturated carbocycles. The fraction of sp³-hybridized carbons (Fsp3) is 0. The first-order chi connectivity index (χ1) is 18.9. The quantitative estimate of drug-likeness (QED) is 0.192. The molecule has 0 radical (unpaired) electrons. The molecule has 0 aromatic heterocycles. The van der Waals surface area contributed by atoms with Crippen molar-refractivity contribution in [2.75, 3.05) is 0 Å². The minimum atomic E-state index is -2.06. The monoisotopic (exact) mass is 1040 g/mol. The predicted molar refractivity (Wildman–Crippen MR) is 189 cm³/mol. The molecule has 40 heavy (non-hydrogen) atoms. The predicted octanol–water partition coefficient (Wildman–Crippen LogP) is 5.56. The molecule has 0 bridgehead atoms. The Labute approximate surface area is 276 Å². The average Bonchev–Trinajstić information content (AvgIpc) is 3.01. The first kappa shape index (κ1) is 32.6. The molecule has 0 N–H and O–H groups in total. The molecule has 6 rings (SSSR count). The van der Waals surface area contributed by atoms with Crippen LogP contribution in [0.2, 0.25) is 0 Å². The average molecular weight is 1040 g/mol. The van der Waals surface area contributed by atoms with Crippen LogP contribution in [0.15, 0.2) is 182 Å². The molecule has 0 fully saturated rings. The summed E-state index contributed by atoms with van der Waals surface area (Å²) in [7, 11) is 0. The summed E-state index contributed by atoms with van der Waals surface area (Å²) in [5.74, 6) is 0. The molecule has 0 aliphatic carbocycles. The van der Waals surface area contributed by atoms with E-state index in [9.17, 15) is 0 Å². The van der Waals surface area contributed by atoms with Crippen LogP contribution in [0.4, 0.5) is 0 Å². The van der Waals surface area contributed by atoms with Crippen molar-refractivity contribution in [1.29, 1.82) is 0 Å². The van der Waals surface area contributed by atoms with E-state index in [1.54, 1.807) is 0 Å². The molecule has 0 atom stereocenters. The molecule has 0 aliphatic rings. The van der Waals surface area contributed by atoms with Gasteiger partial charge in [-0.3, -0.25) is 0 Å². The number of hydrogen-bond donors (Lipinski definition) is 0. The Bertz CT molecular complexity index is 1180. The van der Waals surface area contributed by atoms with E-state index in [-0.39, 0.29) is 34.0 Å². The van der Waals surface area contributed by atoms with Gasteiger partial charge in [-0.1, -0.05) is 0 Å². The molecule has 0 amide bonds. The first-order valence-electron chi connectivity index (χ1n) is 12.8. The molecule has 200 valence electrons. The summed E-state index contributed by atoms with van der Waals surface area (Å²) in [4.78, 5) is 0. The number of benzene rings is 6. The van der Waals surface area contributed by atoms with Gasteiger partial charge in [-0.2, -0.15) is 0 Å². The van der Waals surface area contributed by atoms with Gasteiger partial charge in [0, 0.05) is 0 Å². The van der Waals surface area contributed by atoms with Gasteiger partial charge in [0.25, 0.3) is 0 Å². The van der Waals surface area contributed by atoms with Crippen LogP contribution in [0.25, 0.3) is 0 Å². The van der Waals surface area contributed by atoms with Gasteiger partial charge in [0.1, 0.15) is 0 Å². The summed E-state index contributed by atoms with van der Waals surface area (Å²) < 4.78 is 9.22. The molecule has 0 nitrogen and oxygen atoms in total. The molecule has 6 aromatic rings. The molecule has 0 heterocycles. The number of halogens is 2. The second kappa shape index (κ2) is 17.8. The SMILES string of the molecule is Br.Br.c1cc[c]([Bi]([c]2ccccc2)[c]2ccccc2)cc1.c1cc[c]([Bi]([c]2ccccc2)[c]2ccccc2)cc1. The van der Waals surface area contributed by atoms with Gasteiger partial charge in [0.05, 0.1) is 0 Å². The number of rotatable bonds is 6. The van der Waals surface area contributed by atoms with Crippen molar-refractivity contribution in [3.8, 4) is 0 Å². The molecule has 0 unspecified atom stereocenters. The standard InChI is InChI=1S/6C6H5.2Bi.2BrH/c6*1-2-4-6-5-3-1;;;;/h6*1-5H;;;2*1H. The van der Waals surface area contributed by atoms with Crippen LogP contribution in [0.5, 0.6) is 0 Å². The van der Waals surface area contributed by atoms with E-state index < -0.39 is 43.5 Å². The van der Waals surface area contributed by atoms with Crippen molar-refractivity contribution in [1.82, 2.24) is 0 Å². The van der Waals surface area contributed by atoms with Crippen molar-refractivity contribution in [3.05, 3.63) is 182 Å². The van der Waals surface area contributed by atoms with Gasteiger partial charge in [-0.05, 0) is 0 Å². The molecule has 0 spiro atoms. The van der Waals surface area contributed by atoms with Gasteiger partial charge in [-0.15, -0.1) is 34.0 Å². The number of hydrogen-bond acceptors (Lipinski definition) is 0. The molecule has 4 heteroatoms. The van der Waals surface area contributed by atoms with Gasteiger partial charge in [0.15, 0.2) is 0 Å². The Balaban J connectivity index is 0.000000210. The molecule has 6 aromatic carbocycles. The van der Waals surface area contributed by atoms with E-state index >= 15 is 0 Å². The van der Waals surface area contributed by atoms with E-state index in [4.69, 9.17) is 0 Å². The van der Waals surface area contributed by atoms with Crippen molar-refractivity contribution in [3.63, 3.8) is 0 Å². The van der Waals surface area contributed by atoms with Gasteiger partial charge in [-0.25, -0.2) is 0 Å². The molecule has 0 aliphatic heterocycles. The summed E-state index contributed by atoms with van der Waals surface area (Å²) in [5.41, 5.74) is 0. The molecular weight excluding hydrogens is 1010 g/mol. The zero-order chi connectivity index (χ0) is 25.8. The fourth-order valence-electron chi connectivity index (χ4n) is 4.36. The second-order valence-electron chi connectivity index (χ2n) is 8.68. The van der Waals surface area contributed by atoms with E-state index in [0.29, 0.717) is 0 Å². The fourth-order valence-corrected chi connectivity index (χ4v) is 22.3. The van der Waals surface area contributed by atoms with Crippen molar-refractivity contribution < 1.29 is 0 Å². The second-order valence-corrected chi connectivity index (χ2v) is 25.9. The van der Waals surface area contributed by atoms with Crippen LogP contribution in [0.3, 0.4) is 0 Å². The Kier molecular flexibility index (Phi) is 14.5. The van der Waals surface area contributed by atoms with E-state index in [0.717, 1.165) is 0 Å². The summed E-state index contributed by atoms with van der Waals surface area (Å²) >= 11 is -4.13. The van der Waals surface area contributed by atoms with Crippen LogP contribution in [0.1, 0.15) is 0 Å². The third kappa shape index (κ3) is 9.02. The molecular formula is C36H32Bi2Br2. The maximum absolute atomic E-state index is 2.29. The van der Waals surface area contributed by atoms with Crippen LogP contribution in [-0.4, -0.2) is 43.5 Å². The van der Waals surface area contributed by atoms with E-state index in [1.165, 1.54) is 19.6 Å².